The van der Waals surface area contributed by atoms with Gasteiger partial charge in [0.1, 0.15) is 0 Å². The molecule has 2 heterocycles. The zero-order valence-electron chi connectivity index (χ0n) is 13.9. The third-order valence-electron chi connectivity index (χ3n) is 3.58. The fourth-order valence-corrected chi connectivity index (χ4v) is 2.35. The maximum atomic E-state index is 12.9. The third kappa shape index (κ3) is 5.81. The smallest absolute Gasteiger partial charge is 0.481 e. The van der Waals surface area contributed by atoms with Crippen LogP contribution < -0.4 is 15.2 Å². The highest BCUT2D eigenvalue weighted by Crippen LogP contribution is 2.31. The van der Waals surface area contributed by atoms with Crippen molar-refractivity contribution in [3.63, 3.8) is 0 Å². The lowest BCUT2D eigenvalue weighted by Crippen LogP contribution is -2.21. The molecule has 3 rings (SSSR count). The molecular weight excluding hydrogens is 372 g/mol. The van der Waals surface area contributed by atoms with Crippen LogP contribution in [0, 0.1) is 5.82 Å². The number of halogens is 4. The zero-order valence-corrected chi connectivity index (χ0v) is 13.9. The van der Waals surface area contributed by atoms with E-state index >= 15 is 0 Å². The van der Waals surface area contributed by atoms with E-state index in [4.69, 9.17) is 15.6 Å². The molecule has 0 amide bonds. The first-order valence-corrected chi connectivity index (χ1v) is 7.76. The van der Waals surface area contributed by atoms with Crippen LogP contribution in [0.15, 0.2) is 36.5 Å². The average molecular weight is 388 g/mol. The van der Waals surface area contributed by atoms with Crippen LogP contribution in [0.1, 0.15) is 23.5 Å². The number of nitrogens with zero attached hydrogens (tertiary/aromatic N) is 1. The van der Waals surface area contributed by atoms with Crippen molar-refractivity contribution in [3.05, 3.63) is 53.5 Å². The Morgan fingerprint density at radius 3 is 2.70 bits per heavy atom. The minimum atomic E-state index is -4.88. The van der Waals surface area contributed by atoms with Crippen molar-refractivity contribution in [2.24, 2.45) is 5.73 Å². The monoisotopic (exact) mass is 388 g/mol. The average Bonchev–Trinajstić information content (AvgIpc) is 2.62. The summed E-state index contributed by atoms with van der Waals surface area (Å²) in [5.41, 5.74) is 6.25. The Bertz CT molecular complexity index is 799. The Morgan fingerprint density at radius 1 is 1.37 bits per heavy atom. The largest absolute Gasteiger partial charge is 0.573 e. The number of pyridine rings is 1. The van der Waals surface area contributed by atoms with Gasteiger partial charge in [-0.2, -0.15) is 0 Å². The fourth-order valence-electron chi connectivity index (χ4n) is 2.35. The lowest BCUT2D eigenvalue weighted by molar-refractivity contribution is -0.275. The van der Waals surface area contributed by atoms with Gasteiger partial charge in [0, 0.05) is 18.3 Å². The van der Waals surface area contributed by atoms with E-state index in [9.17, 15) is 22.4 Å². The van der Waals surface area contributed by atoms with Gasteiger partial charge in [-0.3, -0.25) is 4.79 Å². The molecule has 0 aliphatic carbocycles. The molecule has 1 aliphatic rings. The highest BCUT2D eigenvalue weighted by atomic mass is 19.4. The molecule has 0 bridgehead atoms. The molecule has 2 aromatic rings. The van der Waals surface area contributed by atoms with Crippen molar-refractivity contribution < 1.29 is 36.9 Å². The minimum absolute atomic E-state index is 0.0587. The number of hydrogen-bond donors (Lipinski definition) is 2. The molecule has 1 atom stereocenters. The number of carboxylic acid groups (broad SMARTS) is 1. The van der Waals surface area contributed by atoms with E-state index < -0.39 is 29.8 Å². The van der Waals surface area contributed by atoms with Crippen molar-refractivity contribution >= 4 is 5.97 Å². The third-order valence-corrected chi connectivity index (χ3v) is 3.58. The molecule has 0 radical (unpaired) electrons. The molecule has 0 saturated heterocycles. The van der Waals surface area contributed by atoms with Gasteiger partial charge in [0.15, 0.2) is 11.6 Å². The SMILES string of the molecule is NCc1ccc(OC(F)(F)F)c(F)c1.O=C(O)C1CCOc2ncccc21. The number of fused-ring (bicyclic) bond motifs is 1. The number of benzene rings is 1. The van der Waals surface area contributed by atoms with Gasteiger partial charge in [-0.1, -0.05) is 12.1 Å². The maximum Gasteiger partial charge on any atom is 0.573 e. The van der Waals surface area contributed by atoms with Gasteiger partial charge in [0.25, 0.3) is 0 Å². The predicted molar refractivity (Wildman–Crippen MR) is 85.7 cm³/mol. The van der Waals surface area contributed by atoms with E-state index in [0.29, 0.717) is 30.0 Å². The Labute approximate surface area is 151 Å². The first kappa shape index (κ1) is 20.4. The predicted octanol–water partition coefficient (Wildman–Crippen LogP) is 3.22. The van der Waals surface area contributed by atoms with Gasteiger partial charge in [-0.15, -0.1) is 13.2 Å². The summed E-state index contributed by atoms with van der Waals surface area (Å²) < 4.78 is 56.6. The van der Waals surface area contributed by atoms with Crippen molar-refractivity contribution in [3.8, 4) is 11.6 Å². The molecular formula is C17H16F4N2O4. The number of hydrogen-bond acceptors (Lipinski definition) is 5. The molecule has 10 heteroatoms. The first-order valence-electron chi connectivity index (χ1n) is 7.76. The van der Waals surface area contributed by atoms with Crippen LogP contribution in [0.5, 0.6) is 11.6 Å². The Hall–Kier alpha value is -2.88. The van der Waals surface area contributed by atoms with Gasteiger partial charge in [0.05, 0.1) is 12.5 Å². The lowest BCUT2D eigenvalue weighted by atomic mass is 9.96. The van der Waals surface area contributed by atoms with Crippen LogP contribution in [0.3, 0.4) is 0 Å². The van der Waals surface area contributed by atoms with Gasteiger partial charge < -0.3 is 20.3 Å². The Kier molecular flexibility index (Phi) is 6.56. The summed E-state index contributed by atoms with van der Waals surface area (Å²) in [7, 11) is 0. The zero-order chi connectivity index (χ0) is 20.0. The maximum absolute atomic E-state index is 12.9. The van der Waals surface area contributed by atoms with Crippen molar-refractivity contribution in [1.82, 2.24) is 4.98 Å². The highest BCUT2D eigenvalue weighted by molar-refractivity contribution is 5.77. The molecule has 27 heavy (non-hydrogen) atoms. The summed E-state index contributed by atoms with van der Waals surface area (Å²) in [5, 5.41) is 8.90. The molecule has 0 fully saturated rings. The summed E-state index contributed by atoms with van der Waals surface area (Å²) in [5.74, 6) is -2.74. The van der Waals surface area contributed by atoms with E-state index in [2.05, 4.69) is 9.72 Å². The summed E-state index contributed by atoms with van der Waals surface area (Å²) in [6, 6.07) is 6.54. The highest BCUT2D eigenvalue weighted by Gasteiger charge is 2.32. The normalized spacial score (nSPS) is 15.7. The summed E-state index contributed by atoms with van der Waals surface area (Å²) in [6.07, 6.45) is -2.76. The fraction of sp³-hybridized carbons (Fsp3) is 0.294. The van der Waals surface area contributed by atoms with E-state index in [1.807, 2.05) is 0 Å². The number of aliphatic carboxylic acids is 1. The van der Waals surface area contributed by atoms with Crippen molar-refractivity contribution in [1.29, 1.82) is 0 Å². The first-order chi connectivity index (χ1) is 12.7. The number of ether oxygens (including phenoxy) is 2. The van der Waals surface area contributed by atoms with Crippen LogP contribution >= 0.6 is 0 Å². The van der Waals surface area contributed by atoms with Crippen molar-refractivity contribution in [2.45, 2.75) is 25.2 Å². The van der Waals surface area contributed by atoms with Crippen LogP contribution in [0.2, 0.25) is 0 Å². The molecule has 0 spiro atoms. The molecule has 0 saturated carbocycles. The van der Waals surface area contributed by atoms with E-state index in [0.717, 1.165) is 12.1 Å². The molecule has 1 aliphatic heterocycles. The topological polar surface area (TPSA) is 94.7 Å². The second-order valence-electron chi connectivity index (χ2n) is 5.44. The Balaban J connectivity index is 0.000000194. The molecule has 146 valence electrons. The second kappa shape index (κ2) is 8.67. The molecule has 1 aromatic carbocycles. The number of carbonyl (C=O) groups is 1. The molecule has 3 N–H and O–H groups in total. The molecule has 6 nitrogen and oxygen atoms in total. The Morgan fingerprint density at radius 2 is 2.11 bits per heavy atom. The van der Waals surface area contributed by atoms with Crippen LogP contribution in [0.4, 0.5) is 17.6 Å². The summed E-state index contributed by atoms with van der Waals surface area (Å²) in [4.78, 5) is 14.8. The van der Waals surface area contributed by atoms with Gasteiger partial charge in [-0.05, 0) is 30.2 Å². The standard InChI is InChI=1S/C9H9NO3.C8H7F4NO/c11-9(12)7-3-5-13-8-6(7)2-1-4-10-8;9-6-3-5(4-13)1-2-7(6)14-8(10,11)12/h1-2,4,7H,3,5H2,(H,11,12);1-3H,4,13H2. The van der Waals surface area contributed by atoms with E-state index in [1.165, 1.54) is 6.07 Å². The van der Waals surface area contributed by atoms with Crippen molar-refractivity contribution in [2.75, 3.05) is 6.61 Å². The van der Waals surface area contributed by atoms with Gasteiger partial charge in [0.2, 0.25) is 5.88 Å². The van der Waals surface area contributed by atoms with Gasteiger partial charge >= 0.3 is 12.3 Å². The lowest BCUT2D eigenvalue weighted by Gasteiger charge is -2.21. The summed E-state index contributed by atoms with van der Waals surface area (Å²) >= 11 is 0. The molecule has 1 aromatic heterocycles. The van der Waals surface area contributed by atoms with Crippen LogP contribution in [-0.2, 0) is 11.3 Å². The van der Waals surface area contributed by atoms with Crippen LogP contribution in [-0.4, -0.2) is 29.0 Å². The summed E-state index contributed by atoms with van der Waals surface area (Å²) in [6.45, 7) is 0.490. The second-order valence-corrected chi connectivity index (χ2v) is 5.44. The van der Waals surface area contributed by atoms with Gasteiger partial charge in [-0.25, -0.2) is 9.37 Å². The number of aromatic nitrogens is 1. The molecule has 1 unspecified atom stereocenters. The van der Waals surface area contributed by atoms with E-state index in [1.54, 1.807) is 18.3 Å². The number of carboxylic acids is 1. The quantitative estimate of drug-likeness (QED) is 0.784. The number of nitrogens with two attached hydrogens (primary N) is 1. The minimum Gasteiger partial charge on any atom is -0.481 e. The van der Waals surface area contributed by atoms with Crippen LogP contribution in [0.25, 0.3) is 0 Å². The number of alkyl halides is 3. The number of rotatable bonds is 3. The van der Waals surface area contributed by atoms with E-state index in [-0.39, 0.29) is 6.54 Å².